The number of benzene rings is 2. The van der Waals surface area contributed by atoms with E-state index in [9.17, 15) is 4.79 Å². The number of fused-ring (bicyclic) bond motifs is 1. The first kappa shape index (κ1) is 20.9. The maximum Gasteiger partial charge on any atom is 0.253 e. The first-order valence-electron chi connectivity index (χ1n) is 10.7. The number of nitrogens with one attached hydrogen (secondary N) is 1. The lowest BCUT2D eigenvalue weighted by atomic mass is 9.96. The average Bonchev–Trinajstić information content (AvgIpc) is 3.12. The monoisotopic (exact) mass is 424 g/mol. The summed E-state index contributed by atoms with van der Waals surface area (Å²) < 4.78 is 0. The van der Waals surface area contributed by atoms with Gasteiger partial charge in [0.25, 0.3) is 5.91 Å². The molecule has 4 rings (SSSR count). The lowest BCUT2D eigenvalue weighted by Crippen LogP contribution is -2.42. The third kappa shape index (κ3) is 5.02. The molecule has 5 nitrogen and oxygen atoms in total. The standard InChI is InChI=1S/C24H29ClN4O/c1-17-26-22-10-7-20(14-23(22)27-17)24(30)28(2)15-19-4-3-12-29(16-19)13-11-18-5-8-21(25)9-6-18/h5-10,14,19H,3-4,11-13,15-16H2,1-2H3,(H,26,27)/t19-/m1/s1. The zero-order chi connectivity index (χ0) is 21.1. The molecule has 2 aromatic carbocycles. The summed E-state index contributed by atoms with van der Waals surface area (Å²) in [7, 11) is 1.91. The zero-order valence-corrected chi connectivity index (χ0v) is 18.5. The summed E-state index contributed by atoms with van der Waals surface area (Å²) in [6.45, 7) is 5.94. The molecule has 1 fully saturated rings. The number of hydrogen-bond donors (Lipinski definition) is 1. The van der Waals surface area contributed by atoms with Crippen molar-refractivity contribution in [3.05, 3.63) is 64.4 Å². The molecule has 0 saturated carbocycles. The number of likely N-dealkylation sites (tertiary alicyclic amines) is 1. The largest absolute Gasteiger partial charge is 0.342 e. The van der Waals surface area contributed by atoms with E-state index in [4.69, 9.17) is 11.6 Å². The van der Waals surface area contributed by atoms with Crippen LogP contribution in [0.4, 0.5) is 0 Å². The molecule has 0 radical (unpaired) electrons. The van der Waals surface area contributed by atoms with Gasteiger partial charge in [0.2, 0.25) is 0 Å². The Kier molecular flexibility index (Phi) is 6.40. The molecule has 30 heavy (non-hydrogen) atoms. The molecule has 0 bridgehead atoms. The van der Waals surface area contributed by atoms with Crippen LogP contribution in [0.5, 0.6) is 0 Å². The molecule has 1 atom stereocenters. The fraction of sp³-hybridized carbons (Fsp3) is 0.417. The number of rotatable bonds is 6. The molecule has 6 heteroatoms. The van der Waals surface area contributed by atoms with Gasteiger partial charge in [-0.15, -0.1) is 0 Å². The number of carbonyl (C=O) groups is 1. The van der Waals surface area contributed by atoms with Gasteiger partial charge in [-0.05, 0) is 74.5 Å². The second-order valence-corrected chi connectivity index (χ2v) is 8.86. The van der Waals surface area contributed by atoms with Crippen LogP contribution in [0.15, 0.2) is 42.5 Å². The number of nitrogens with zero attached hydrogens (tertiary/aromatic N) is 3. The number of aryl methyl sites for hydroxylation is 1. The van der Waals surface area contributed by atoms with E-state index in [0.717, 1.165) is 54.5 Å². The number of imidazole rings is 1. The number of carbonyl (C=O) groups excluding carboxylic acids is 1. The summed E-state index contributed by atoms with van der Waals surface area (Å²) in [6, 6.07) is 13.8. The summed E-state index contributed by atoms with van der Waals surface area (Å²) in [4.78, 5) is 25.0. The van der Waals surface area contributed by atoms with Crippen molar-refractivity contribution in [2.45, 2.75) is 26.2 Å². The number of halogens is 1. The van der Waals surface area contributed by atoms with Gasteiger partial charge in [0.1, 0.15) is 5.82 Å². The summed E-state index contributed by atoms with van der Waals surface area (Å²) >= 11 is 5.98. The Morgan fingerprint density at radius 3 is 2.87 bits per heavy atom. The van der Waals surface area contributed by atoms with Crippen LogP contribution >= 0.6 is 11.6 Å². The predicted molar refractivity (Wildman–Crippen MR) is 122 cm³/mol. The number of aromatic nitrogens is 2. The van der Waals surface area contributed by atoms with E-state index in [1.54, 1.807) is 0 Å². The van der Waals surface area contributed by atoms with Crippen molar-refractivity contribution in [1.29, 1.82) is 0 Å². The summed E-state index contributed by atoms with van der Waals surface area (Å²) in [5.74, 6) is 1.45. The Morgan fingerprint density at radius 1 is 1.27 bits per heavy atom. The van der Waals surface area contributed by atoms with Crippen molar-refractivity contribution in [3.8, 4) is 0 Å². The molecule has 3 aromatic rings. The van der Waals surface area contributed by atoms with E-state index in [1.165, 1.54) is 18.4 Å². The molecule has 1 aliphatic heterocycles. The van der Waals surface area contributed by atoms with E-state index in [2.05, 4.69) is 27.0 Å². The normalized spacial score (nSPS) is 17.4. The molecule has 1 aliphatic rings. The van der Waals surface area contributed by atoms with Crippen LogP contribution in [-0.2, 0) is 6.42 Å². The van der Waals surface area contributed by atoms with Crippen LogP contribution in [0, 0.1) is 12.8 Å². The van der Waals surface area contributed by atoms with Crippen LogP contribution in [0.2, 0.25) is 5.02 Å². The van der Waals surface area contributed by atoms with E-state index in [-0.39, 0.29) is 5.91 Å². The molecule has 0 unspecified atom stereocenters. The van der Waals surface area contributed by atoms with Gasteiger partial charge in [-0.2, -0.15) is 0 Å². The number of aromatic amines is 1. The summed E-state index contributed by atoms with van der Waals surface area (Å²) in [6.07, 6.45) is 3.39. The molecule has 0 aliphatic carbocycles. The maximum atomic E-state index is 13.0. The molecule has 2 heterocycles. The average molecular weight is 425 g/mol. The molecular weight excluding hydrogens is 396 g/mol. The minimum absolute atomic E-state index is 0.0717. The quantitative estimate of drug-likeness (QED) is 0.631. The molecule has 1 amide bonds. The van der Waals surface area contributed by atoms with Gasteiger partial charge in [-0.25, -0.2) is 4.98 Å². The van der Waals surface area contributed by atoms with Gasteiger partial charge in [-0.1, -0.05) is 23.7 Å². The van der Waals surface area contributed by atoms with Crippen LogP contribution < -0.4 is 0 Å². The van der Waals surface area contributed by atoms with Crippen LogP contribution in [0.25, 0.3) is 11.0 Å². The highest BCUT2D eigenvalue weighted by Gasteiger charge is 2.23. The number of piperidine rings is 1. The smallest absolute Gasteiger partial charge is 0.253 e. The van der Waals surface area contributed by atoms with Crippen LogP contribution in [0.1, 0.15) is 34.6 Å². The Bertz CT molecular complexity index is 1010. The minimum Gasteiger partial charge on any atom is -0.342 e. The van der Waals surface area contributed by atoms with E-state index < -0.39 is 0 Å². The van der Waals surface area contributed by atoms with Gasteiger partial charge in [-0.3, -0.25) is 4.79 Å². The summed E-state index contributed by atoms with van der Waals surface area (Å²) in [5.41, 5.74) is 3.84. The first-order valence-corrected chi connectivity index (χ1v) is 11.0. The van der Waals surface area contributed by atoms with Gasteiger partial charge in [0, 0.05) is 37.3 Å². The Labute approximate surface area is 183 Å². The predicted octanol–water partition coefficient (Wildman–Crippen LogP) is 4.55. The molecule has 1 saturated heterocycles. The molecule has 158 valence electrons. The number of amides is 1. The van der Waals surface area contributed by atoms with Gasteiger partial charge in [0.15, 0.2) is 0 Å². The van der Waals surface area contributed by atoms with Crippen LogP contribution in [-0.4, -0.2) is 58.9 Å². The second kappa shape index (κ2) is 9.19. The highest BCUT2D eigenvalue weighted by atomic mass is 35.5. The Hall–Kier alpha value is -2.37. The maximum absolute atomic E-state index is 13.0. The molecule has 1 N–H and O–H groups in total. The second-order valence-electron chi connectivity index (χ2n) is 8.43. The van der Waals surface area contributed by atoms with Gasteiger partial charge < -0.3 is 14.8 Å². The van der Waals surface area contributed by atoms with Crippen molar-refractivity contribution in [1.82, 2.24) is 19.8 Å². The van der Waals surface area contributed by atoms with Gasteiger partial charge in [0.05, 0.1) is 11.0 Å². The lowest BCUT2D eigenvalue weighted by molar-refractivity contribution is 0.0730. The minimum atomic E-state index is 0.0717. The van der Waals surface area contributed by atoms with Crippen molar-refractivity contribution >= 4 is 28.5 Å². The third-order valence-corrected chi connectivity index (χ3v) is 6.21. The first-order chi connectivity index (χ1) is 14.5. The number of hydrogen-bond acceptors (Lipinski definition) is 3. The Balaban J connectivity index is 1.32. The molecular formula is C24H29ClN4O. The fourth-order valence-electron chi connectivity index (χ4n) is 4.40. The third-order valence-electron chi connectivity index (χ3n) is 5.96. The highest BCUT2D eigenvalue weighted by Crippen LogP contribution is 2.20. The number of H-pyrrole nitrogens is 1. The fourth-order valence-corrected chi connectivity index (χ4v) is 4.53. The van der Waals surface area contributed by atoms with Crippen molar-refractivity contribution in [2.24, 2.45) is 5.92 Å². The van der Waals surface area contributed by atoms with Crippen molar-refractivity contribution < 1.29 is 4.79 Å². The highest BCUT2D eigenvalue weighted by molar-refractivity contribution is 6.30. The Morgan fingerprint density at radius 2 is 2.07 bits per heavy atom. The van der Waals surface area contributed by atoms with E-state index in [0.29, 0.717) is 11.5 Å². The van der Waals surface area contributed by atoms with Crippen molar-refractivity contribution in [3.63, 3.8) is 0 Å². The lowest BCUT2D eigenvalue weighted by Gasteiger charge is -2.34. The zero-order valence-electron chi connectivity index (χ0n) is 17.7. The molecule has 1 aromatic heterocycles. The SMILES string of the molecule is Cc1nc2ccc(C(=O)N(C)C[C@H]3CCCN(CCc4ccc(Cl)cc4)C3)cc2[nH]1. The van der Waals surface area contributed by atoms with Crippen molar-refractivity contribution in [2.75, 3.05) is 33.2 Å². The van der Waals surface area contributed by atoms with Gasteiger partial charge >= 0.3 is 0 Å². The summed E-state index contributed by atoms with van der Waals surface area (Å²) in [5, 5.41) is 0.784. The van der Waals surface area contributed by atoms with E-state index in [1.807, 2.05) is 49.2 Å². The topological polar surface area (TPSA) is 52.2 Å². The van der Waals surface area contributed by atoms with Crippen LogP contribution in [0.3, 0.4) is 0 Å². The molecule has 0 spiro atoms. The van der Waals surface area contributed by atoms with E-state index >= 15 is 0 Å².